The maximum atomic E-state index is 13.3. The predicted octanol–water partition coefficient (Wildman–Crippen LogP) is -0.536. The van der Waals surface area contributed by atoms with Gasteiger partial charge >= 0.3 is 0 Å². The van der Waals surface area contributed by atoms with Crippen molar-refractivity contribution < 1.29 is 43.9 Å². The van der Waals surface area contributed by atoms with Crippen LogP contribution in [0.5, 0.6) is 11.5 Å². The van der Waals surface area contributed by atoms with Crippen LogP contribution in [0, 0.1) is 0 Å². The zero-order valence-electron chi connectivity index (χ0n) is 20.5. The van der Waals surface area contributed by atoms with E-state index in [0.717, 1.165) is 12.8 Å². The largest absolute Gasteiger partial charge is 0.493 e. The van der Waals surface area contributed by atoms with E-state index in [2.05, 4.69) is 5.32 Å². The predicted molar refractivity (Wildman–Crippen MR) is 127 cm³/mol. The van der Waals surface area contributed by atoms with Crippen molar-refractivity contribution in [1.29, 1.82) is 0 Å². The molecule has 11 heteroatoms. The maximum absolute atomic E-state index is 13.3. The second-order valence-electron chi connectivity index (χ2n) is 9.13. The number of aliphatic hydroxyl groups excluding tert-OH is 3. The summed E-state index contributed by atoms with van der Waals surface area (Å²) >= 11 is 0. The quantitative estimate of drug-likeness (QED) is 0.329. The Morgan fingerprint density at radius 2 is 2.06 bits per heavy atom. The Morgan fingerprint density at radius 1 is 1.25 bits per heavy atom. The fourth-order valence-electron chi connectivity index (χ4n) is 5.22. The molecular formula is C25H34N2O9. The number of carbonyl (C=O) groups is 2. The molecule has 4 N–H and O–H groups in total. The fraction of sp³-hybridized carbons (Fsp3) is 0.600. The van der Waals surface area contributed by atoms with E-state index in [9.17, 15) is 24.9 Å². The Labute approximate surface area is 209 Å². The molecule has 0 spiro atoms. The number of rotatable bonds is 10. The number of hydrogen-bond acceptors (Lipinski definition) is 9. The van der Waals surface area contributed by atoms with Crippen LogP contribution in [0.2, 0.25) is 0 Å². The lowest BCUT2D eigenvalue weighted by Crippen LogP contribution is -2.57. The summed E-state index contributed by atoms with van der Waals surface area (Å²) in [6.07, 6.45) is 0.992. The molecule has 0 radical (unpaired) electrons. The van der Waals surface area contributed by atoms with Gasteiger partial charge in [0.05, 0.1) is 38.4 Å². The van der Waals surface area contributed by atoms with Gasteiger partial charge in [-0.1, -0.05) is 0 Å². The fourth-order valence-corrected chi connectivity index (χ4v) is 5.22. The van der Waals surface area contributed by atoms with Crippen molar-refractivity contribution >= 4 is 11.8 Å². The topological polar surface area (TPSA) is 147 Å². The summed E-state index contributed by atoms with van der Waals surface area (Å²) in [5, 5.41) is 33.2. The number of ether oxygens (including phenoxy) is 4. The summed E-state index contributed by atoms with van der Waals surface area (Å²) in [5.41, 5.74) is 1.46. The van der Waals surface area contributed by atoms with Crippen molar-refractivity contribution in [3.63, 3.8) is 0 Å². The Hall–Kier alpha value is -2.70. The zero-order valence-corrected chi connectivity index (χ0v) is 20.5. The lowest BCUT2D eigenvalue weighted by molar-refractivity contribution is -0.143. The van der Waals surface area contributed by atoms with Gasteiger partial charge in [-0.3, -0.25) is 9.59 Å². The average Bonchev–Trinajstić information content (AvgIpc) is 3.54. The van der Waals surface area contributed by atoms with Crippen LogP contribution in [0.3, 0.4) is 0 Å². The summed E-state index contributed by atoms with van der Waals surface area (Å²) in [6.45, 7) is 0.184. The van der Waals surface area contributed by atoms with Gasteiger partial charge < -0.3 is 44.5 Å². The molecule has 1 aromatic carbocycles. The first kappa shape index (κ1) is 26.4. The molecule has 2 aliphatic heterocycles. The number of carbonyl (C=O) groups excluding carboxylic acids is 2. The van der Waals surface area contributed by atoms with Crippen LogP contribution in [-0.2, 0) is 25.7 Å². The molecule has 3 aliphatic rings. The van der Waals surface area contributed by atoms with Gasteiger partial charge in [-0.15, -0.1) is 0 Å². The first-order valence-corrected chi connectivity index (χ1v) is 12.1. The highest BCUT2D eigenvalue weighted by Crippen LogP contribution is 2.51. The lowest BCUT2D eigenvalue weighted by Gasteiger charge is -2.41. The van der Waals surface area contributed by atoms with Crippen molar-refractivity contribution in [2.75, 3.05) is 47.1 Å². The molecule has 11 nitrogen and oxygen atoms in total. The summed E-state index contributed by atoms with van der Waals surface area (Å²) < 4.78 is 22.5. The minimum atomic E-state index is -1.18. The molecule has 4 rings (SSSR count). The third kappa shape index (κ3) is 5.07. The molecule has 2 amide bonds. The number of fused-ring (bicyclic) bond motifs is 3. The van der Waals surface area contributed by atoms with Crippen LogP contribution in [0.25, 0.3) is 0 Å². The Balaban J connectivity index is 1.78. The average molecular weight is 507 g/mol. The van der Waals surface area contributed by atoms with Crippen LogP contribution < -0.4 is 14.8 Å². The van der Waals surface area contributed by atoms with Crippen molar-refractivity contribution in [1.82, 2.24) is 10.2 Å². The molecule has 2 heterocycles. The molecule has 0 aromatic heterocycles. The van der Waals surface area contributed by atoms with Crippen molar-refractivity contribution in [2.45, 2.75) is 49.7 Å². The second kappa shape index (κ2) is 11.6. The van der Waals surface area contributed by atoms with Gasteiger partial charge in [0.15, 0.2) is 11.5 Å². The van der Waals surface area contributed by atoms with E-state index in [1.54, 1.807) is 18.2 Å². The van der Waals surface area contributed by atoms with Crippen LogP contribution in [-0.4, -0.2) is 104 Å². The standard InChI is InChI=1S/C25H34N2O9/c1-33-13-20(30)27(11-15-4-3-7-35-15)18-10-17(25(32)26-5-6-28)21-16-8-14(12-29)9-19(34-2)23(16)36-24(21)22(18)31/h8-10,15,18,21-22,24,28-29,31H,3-7,11-13H2,1-2H3,(H,26,32). The molecule has 5 unspecified atom stereocenters. The van der Waals surface area contributed by atoms with E-state index >= 15 is 0 Å². The molecule has 1 aromatic rings. The van der Waals surface area contributed by atoms with Crippen LogP contribution in [0.4, 0.5) is 0 Å². The number of benzene rings is 1. The van der Waals surface area contributed by atoms with E-state index in [1.807, 2.05) is 0 Å². The van der Waals surface area contributed by atoms with E-state index in [0.29, 0.717) is 34.8 Å². The van der Waals surface area contributed by atoms with Gasteiger partial charge in [0.2, 0.25) is 11.8 Å². The van der Waals surface area contributed by atoms with Crippen molar-refractivity contribution in [3.8, 4) is 11.5 Å². The first-order chi connectivity index (χ1) is 17.4. The third-order valence-electron chi connectivity index (χ3n) is 6.87. The van der Waals surface area contributed by atoms with E-state index in [-0.39, 0.29) is 44.9 Å². The highest BCUT2D eigenvalue weighted by Gasteiger charge is 2.51. The van der Waals surface area contributed by atoms with E-state index in [4.69, 9.17) is 18.9 Å². The van der Waals surface area contributed by atoms with Gasteiger partial charge in [-0.2, -0.15) is 0 Å². The molecule has 5 atom stereocenters. The number of hydrogen-bond donors (Lipinski definition) is 4. The number of methoxy groups -OCH3 is 2. The van der Waals surface area contributed by atoms with Gasteiger partial charge in [-0.25, -0.2) is 0 Å². The Morgan fingerprint density at radius 3 is 2.69 bits per heavy atom. The molecule has 0 saturated carbocycles. The van der Waals surface area contributed by atoms with Crippen LogP contribution in [0.1, 0.15) is 29.9 Å². The minimum Gasteiger partial charge on any atom is -0.493 e. The Kier molecular flexibility index (Phi) is 8.47. The maximum Gasteiger partial charge on any atom is 0.249 e. The number of nitrogens with zero attached hydrogens (tertiary/aromatic N) is 1. The SMILES string of the molecule is COCC(=O)N(CC1CCCO1)C1C=C(C(=O)NCCO)C2c3cc(CO)cc(OC)c3OC2C1O. The normalized spacial score (nSPS) is 26.5. The summed E-state index contributed by atoms with van der Waals surface area (Å²) in [7, 11) is 2.89. The second-order valence-corrected chi connectivity index (χ2v) is 9.13. The molecule has 0 bridgehead atoms. The number of aliphatic hydroxyl groups is 3. The van der Waals surface area contributed by atoms with Gasteiger partial charge in [0, 0.05) is 37.9 Å². The van der Waals surface area contributed by atoms with Crippen molar-refractivity contribution in [2.24, 2.45) is 0 Å². The molecular weight excluding hydrogens is 472 g/mol. The van der Waals surface area contributed by atoms with Crippen LogP contribution in [0.15, 0.2) is 23.8 Å². The highest BCUT2D eigenvalue weighted by molar-refractivity contribution is 5.96. The van der Waals surface area contributed by atoms with Gasteiger partial charge in [0.25, 0.3) is 0 Å². The highest BCUT2D eigenvalue weighted by atomic mass is 16.5. The molecule has 1 saturated heterocycles. The summed E-state index contributed by atoms with van der Waals surface area (Å²) in [4.78, 5) is 27.9. The molecule has 1 aliphatic carbocycles. The van der Waals surface area contributed by atoms with Gasteiger partial charge in [0.1, 0.15) is 18.8 Å². The minimum absolute atomic E-state index is 0.0384. The monoisotopic (exact) mass is 506 g/mol. The van der Waals surface area contributed by atoms with E-state index in [1.165, 1.54) is 19.1 Å². The first-order valence-electron chi connectivity index (χ1n) is 12.1. The summed E-state index contributed by atoms with van der Waals surface area (Å²) in [6, 6.07) is 2.48. The third-order valence-corrected chi connectivity index (χ3v) is 6.87. The molecule has 198 valence electrons. The number of nitrogens with one attached hydrogen (secondary N) is 1. The smallest absolute Gasteiger partial charge is 0.249 e. The lowest BCUT2D eigenvalue weighted by atomic mass is 9.77. The van der Waals surface area contributed by atoms with Crippen molar-refractivity contribution in [3.05, 3.63) is 34.9 Å². The number of amides is 2. The molecule has 36 heavy (non-hydrogen) atoms. The summed E-state index contributed by atoms with van der Waals surface area (Å²) in [5.74, 6) is -0.724. The van der Waals surface area contributed by atoms with Crippen LogP contribution >= 0.6 is 0 Å². The van der Waals surface area contributed by atoms with E-state index < -0.39 is 30.1 Å². The van der Waals surface area contributed by atoms with Gasteiger partial charge in [-0.05, 0) is 36.6 Å². The Bertz CT molecular complexity index is 992. The molecule has 1 fully saturated rings. The zero-order chi connectivity index (χ0) is 25.8.